The van der Waals surface area contributed by atoms with E-state index < -0.39 is 6.09 Å². The zero-order valence-electron chi connectivity index (χ0n) is 19.2. The Morgan fingerprint density at radius 2 is 1.81 bits per heavy atom. The predicted octanol–water partition coefficient (Wildman–Crippen LogP) is 4.80. The molecule has 0 spiro atoms. The van der Waals surface area contributed by atoms with Gasteiger partial charge in [0.1, 0.15) is 0 Å². The minimum Gasteiger partial charge on any atom is -0.465 e. The Morgan fingerprint density at radius 1 is 1.06 bits per heavy atom. The molecule has 1 aromatic heterocycles. The Bertz CT molecular complexity index is 1090. The maximum absolute atomic E-state index is 11.6. The van der Waals surface area contributed by atoms with Crippen molar-refractivity contribution >= 4 is 28.4 Å². The highest BCUT2D eigenvalue weighted by atomic mass is 16.4. The quantitative estimate of drug-likeness (QED) is 0.606. The molecule has 0 aliphatic carbocycles. The van der Waals surface area contributed by atoms with Crippen LogP contribution < -0.4 is 9.80 Å². The molecule has 4 rings (SSSR count). The van der Waals surface area contributed by atoms with Gasteiger partial charge in [0, 0.05) is 61.2 Å². The number of carboxylic acid groups (broad SMARTS) is 1. The van der Waals surface area contributed by atoms with E-state index in [2.05, 4.69) is 51.2 Å². The van der Waals surface area contributed by atoms with E-state index in [1.54, 1.807) is 0 Å². The molecule has 1 aliphatic rings. The van der Waals surface area contributed by atoms with Crippen LogP contribution >= 0.6 is 0 Å². The maximum atomic E-state index is 11.6. The third-order valence-electron chi connectivity index (χ3n) is 6.19. The number of rotatable bonds is 6. The Hall–Kier alpha value is -3.12. The zero-order chi connectivity index (χ0) is 22.7. The van der Waals surface area contributed by atoms with Gasteiger partial charge in [-0.1, -0.05) is 18.2 Å². The summed E-state index contributed by atoms with van der Waals surface area (Å²) in [5, 5.41) is 10.7. The molecule has 1 saturated heterocycles. The monoisotopic (exact) mass is 432 g/mol. The average Bonchev–Trinajstić information content (AvgIpc) is 2.77. The number of carbonyl (C=O) groups is 1. The summed E-state index contributed by atoms with van der Waals surface area (Å²) in [5.41, 5.74) is 5.29. The Labute approximate surface area is 190 Å². The van der Waals surface area contributed by atoms with Crippen LogP contribution in [0.4, 0.5) is 16.2 Å². The highest BCUT2D eigenvalue weighted by Gasteiger charge is 2.20. The molecule has 0 atom stereocenters. The third kappa shape index (κ3) is 4.86. The molecule has 2 heterocycles. The van der Waals surface area contributed by atoms with Crippen LogP contribution in [-0.4, -0.2) is 59.8 Å². The third-order valence-corrected chi connectivity index (χ3v) is 6.19. The van der Waals surface area contributed by atoms with Gasteiger partial charge in [-0.05, 0) is 69.2 Å². The maximum Gasteiger partial charge on any atom is 0.412 e. The predicted molar refractivity (Wildman–Crippen MR) is 131 cm³/mol. The van der Waals surface area contributed by atoms with Crippen LogP contribution in [0.5, 0.6) is 0 Å². The second-order valence-electron chi connectivity index (χ2n) is 8.79. The summed E-state index contributed by atoms with van der Waals surface area (Å²) in [6, 6.07) is 18.5. The number of aromatic nitrogens is 1. The number of nitrogens with zero attached hydrogens (tertiary/aromatic N) is 4. The van der Waals surface area contributed by atoms with Crippen LogP contribution in [0, 0.1) is 6.92 Å². The van der Waals surface area contributed by atoms with Gasteiger partial charge in [-0.25, -0.2) is 4.79 Å². The first-order valence-electron chi connectivity index (χ1n) is 11.4. The molecule has 1 aliphatic heterocycles. The number of piperazine rings is 1. The molecule has 0 bridgehead atoms. The average molecular weight is 433 g/mol. The van der Waals surface area contributed by atoms with Crippen molar-refractivity contribution < 1.29 is 9.90 Å². The highest BCUT2D eigenvalue weighted by molar-refractivity contribution is 5.92. The lowest BCUT2D eigenvalue weighted by Crippen LogP contribution is -2.47. The second-order valence-corrected chi connectivity index (χ2v) is 8.79. The molecular formula is C26H32N4O2. The molecule has 0 saturated carbocycles. The molecule has 32 heavy (non-hydrogen) atoms. The van der Waals surface area contributed by atoms with Gasteiger partial charge in [-0.2, -0.15) is 0 Å². The fraction of sp³-hybridized carbons (Fsp3) is 0.385. The van der Waals surface area contributed by atoms with E-state index in [4.69, 9.17) is 0 Å². The molecule has 6 heteroatoms. The summed E-state index contributed by atoms with van der Waals surface area (Å²) in [5.74, 6) is 0. The topological polar surface area (TPSA) is 59.9 Å². The lowest BCUT2D eigenvalue weighted by Gasteiger charge is -2.36. The largest absolute Gasteiger partial charge is 0.465 e. The highest BCUT2D eigenvalue weighted by Crippen LogP contribution is 2.27. The number of hydrogen-bond acceptors (Lipinski definition) is 4. The second kappa shape index (κ2) is 9.57. The number of fused-ring (bicyclic) bond motifs is 1. The van der Waals surface area contributed by atoms with Gasteiger partial charge < -0.3 is 10.0 Å². The summed E-state index contributed by atoms with van der Waals surface area (Å²) in [4.78, 5) is 22.7. The Kier molecular flexibility index (Phi) is 6.61. The van der Waals surface area contributed by atoms with E-state index in [9.17, 15) is 9.90 Å². The first-order valence-corrected chi connectivity index (χ1v) is 11.4. The molecule has 1 fully saturated rings. The fourth-order valence-corrected chi connectivity index (χ4v) is 4.51. The van der Waals surface area contributed by atoms with Crippen molar-refractivity contribution in [3.8, 4) is 0 Å². The molecule has 168 valence electrons. The van der Waals surface area contributed by atoms with E-state index in [0.717, 1.165) is 56.0 Å². The minimum absolute atomic E-state index is 0.0935. The van der Waals surface area contributed by atoms with Gasteiger partial charge in [-0.3, -0.25) is 14.8 Å². The molecule has 2 aromatic carbocycles. The molecule has 6 nitrogen and oxygen atoms in total. The number of hydrogen-bond donors (Lipinski definition) is 1. The van der Waals surface area contributed by atoms with Crippen LogP contribution in [0.3, 0.4) is 0 Å². The van der Waals surface area contributed by atoms with Gasteiger partial charge in [0.05, 0.1) is 5.52 Å². The van der Waals surface area contributed by atoms with E-state index in [1.807, 2.05) is 39.0 Å². The Balaban J connectivity index is 1.36. The van der Waals surface area contributed by atoms with Crippen molar-refractivity contribution in [1.29, 1.82) is 0 Å². The number of amides is 1. The Morgan fingerprint density at radius 3 is 2.53 bits per heavy atom. The van der Waals surface area contributed by atoms with Gasteiger partial charge in [0.25, 0.3) is 0 Å². The van der Waals surface area contributed by atoms with Crippen LogP contribution in [0.25, 0.3) is 10.9 Å². The van der Waals surface area contributed by atoms with Crippen LogP contribution in [0.1, 0.15) is 25.1 Å². The van der Waals surface area contributed by atoms with E-state index in [1.165, 1.54) is 21.5 Å². The molecule has 3 aromatic rings. The van der Waals surface area contributed by atoms with Crippen LogP contribution in [0.2, 0.25) is 0 Å². The van der Waals surface area contributed by atoms with Crippen molar-refractivity contribution in [2.45, 2.75) is 33.2 Å². The van der Waals surface area contributed by atoms with Gasteiger partial charge in [0.15, 0.2) is 0 Å². The van der Waals surface area contributed by atoms with Crippen molar-refractivity contribution in [1.82, 2.24) is 9.88 Å². The van der Waals surface area contributed by atoms with E-state index >= 15 is 0 Å². The standard InChI is InChI=1S/C26H32N4O2/c1-19(2)30(26(31)32)22-7-4-6-21(18-22)12-13-28-14-16-29(17-15-28)25-9-5-8-24-23(25)11-10-20(3)27-24/h4-11,18-19H,12-17H2,1-3H3,(H,31,32). The molecule has 0 radical (unpaired) electrons. The number of benzene rings is 2. The number of anilines is 2. The summed E-state index contributed by atoms with van der Waals surface area (Å²) in [7, 11) is 0. The molecular weight excluding hydrogens is 400 g/mol. The molecule has 1 amide bonds. The lowest BCUT2D eigenvalue weighted by atomic mass is 10.1. The van der Waals surface area contributed by atoms with Crippen molar-refractivity contribution in [2.24, 2.45) is 0 Å². The molecule has 1 N–H and O–H groups in total. The van der Waals surface area contributed by atoms with Gasteiger partial charge in [-0.15, -0.1) is 0 Å². The lowest BCUT2D eigenvalue weighted by molar-refractivity contribution is 0.200. The normalized spacial score (nSPS) is 14.8. The summed E-state index contributed by atoms with van der Waals surface area (Å²) in [6.07, 6.45) is 0.00343. The van der Waals surface area contributed by atoms with E-state index in [0.29, 0.717) is 0 Å². The number of pyridine rings is 1. The summed E-state index contributed by atoms with van der Waals surface area (Å²) < 4.78 is 0. The van der Waals surface area contributed by atoms with E-state index in [-0.39, 0.29) is 6.04 Å². The first-order chi connectivity index (χ1) is 15.4. The van der Waals surface area contributed by atoms with Gasteiger partial charge in [0.2, 0.25) is 0 Å². The zero-order valence-corrected chi connectivity index (χ0v) is 19.2. The summed E-state index contributed by atoms with van der Waals surface area (Å²) in [6.45, 7) is 10.8. The summed E-state index contributed by atoms with van der Waals surface area (Å²) >= 11 is 0. The fourth-order valence-electron chi connectivity index (χ4n) is 4.51. The minimum atomic E-state index is -0.910. The van der Waals surface area contributed by atoms with Crippen molar-refractivity contribution in [2.75, 3.05) is 42.5 Å². The van der Waals surface area contributed by atoms with Crippen molar-refractivity contribution in [3.63, 3.8) is 0 Å². The number of aryl methyl sites for hydroxylation is 1. The molecule has 0 unspecified atom stereocenters. The van der Waals surface area contributed by atoms with Crippen molar-refractivity contribution in [3.05, 3.63) is 65.9 Å². The first kappa shape index (κ1) is 22.1. The SMILES string of the molecule is Cc1ccc2c(N3CCN(CCc4cccc(N(C(=O)O)C(C)C)c4)CC3)cccc2n1. The van der Waals surface area contributed by atoms with Crippen LogP contribution in [-0.2, 0) is 6.42 Å². The smallest absolute Gasteiger partial charge is 0.412 e. The van der Waals surface area contributed by atoms with Gasteiger partial charge >= 0.3 is 6.09 Å². The van der Waals surface area contributed by atoms with Crippen LogP contribution in [0.15, 0.2) is 54.6 Å².